The van der Waals surface area contributed by atoms with Crippen molar-refractivity contribution in [3.8, 4) is 5.75 Å². The van der Waals surface area contributed by atoms with Gasteiger partial charge in [0, 0.05) is 28.8 Å². The molecule has 4 aromatic rings. The lowest BCUT2D eigenvalue weighted by Crippen LogP contribution is -2.30. The normalized spacial score (nSPS) is 11.8. The Morgan fingerprint density at radius 2 is 2.06 bits per heavy atom. The van der Waals surface area contributed by atoms with Crippen LogP contribution in [0.5, 0.6) is 5.75 Å². The van der Waals surface area contributed by atoms with Gasteiger partial charge in [-0.1, -0.05) is 24.3 Å². The number of anilines is 2. The summed E-state index contributed by atoms with van der Waals surface area (Å²) in [5.74, 6) is -0.726. The summed E-state index contributed by atoms with van der Waals surface area (Å²) < 4.78 is 16.6. The molecule has 0 fully saturated rings. The Kier molecular flexibility index (Phi) is 6.09. The molecule has 1 atom stereocenters. The number of carbonyl (C=O) groups is 2. The molecule has 0 saturated carbocycles. The number of furan rings is 1. The fourth-order valence-electron chi connectivity index (χ4n) is 3.14. The molecule has 2 aromatic carbocycles. The zero-order valence-corrected chi connectivity index (χ0v) is 18.3. The molecule has 0 spiro atoms. The molecule has 32 heavy (non-hydrogen) atoms. The first-order valence-corrected chi connectivity index (χ1v) is 10.7. The summed E-state index contributed by atoms with van der Waals surface area (Å²) in [6.45, 7) is 5.63. The van der Waals surface area contributed by atoms with Gasteiger partial charge in [-0.3, -0.25) is 4.79 Å². The lowest BCUT2D eigenvalue weighted by molar-refractivity contribution is -0.123. The monoisotopic (exact) mass is 451 g/mol. The highest BCUT2D eigenvalue weighted by Crippen LogP contribution is 2.36. The average Bonchev–Trinajstić information content (AvgIpc) is 3.41. The van der Waals surface area contributed by atoms with Gasteiger partial charge in [0.25, 0.3) is 5.91 Å². The van der Waals surface area contributed by atoms with Crippen molar-refractivity contribution in [3.63, 3.8) is 0 Å². The molecule has 164 valence electrons. The van der Waals surface area contributed by atoms with Gasteiger partial charge >= 0.3 is 5.97 Å². The third-order valence-corrected chi connectivity index (χ3v) is 5.52. The van der Waals surface area contributed by atoms with E-state index in [4.69, 9.17) is 13.9 Å². The van der Waals surface area contributed by atoms with Crippen molar-refractivity contribution in [2.75, 3.05) is 24.3 Å². The van der Waals surface area contributed by atoms with Crippen molar-refractivity contribution in [1.29, 1.82) is 0 Å². The van der Waals surface area contributed by atoms with Crippen LogP contribution in [0.25, 0.3) is 21.9 Å². The number of amides is 1. The fraction of sp³-hybridized carbons (Fsp3) is 0.174. The molecule has 2 aromatic heterocycles. The second-order valence-electron chi connectivity index (χ2n) is 6.89. The number of fused-ring (bicyclic) bond motifs is 3. The number of methoxy groups -OCH3 is 1. The zero-order chi connectivity index (χ0) is 22.7. The second-order valence-corrected chi connectivity index (χ2v) is 7.75. The number of para-hydroxylation sites is 1. The number of hydrogen-bond donors (Lipinski definition) is 2. The Balaban J connectivity index is 1.48. The summed E-state index contributed by atoms with van der Waals surface area (Å²) >= 11 is 1.27. The number of nitrogens with one attached hydrogen (secondary N) is 2. The SMILES string of the molecule is C=CCNc1nc(C(=O)OC(C)C(=O)Nc2cc3oc4ccccc4c3cc2OC)cs1. The van der Waals surface area contributed by atoms with E-state index in [1.807, 2.05) is 24.3 Å². The Hall–Kier alpha value is -3.85. The number of benzene rings is 2. The third-order valence-electron chi connectivity index (χ3n) is 4.72. The number of rotatable bonds is 8. The van der Waals surface area contributed by atoms with Crippen LogP contribution in [0.3, 0.4) is 0 Å². The molecular formula is C23H21N3O5S. The lowest BCUT2D eigenvalue weighted by Gasteiger charge is -2.14. The number of hydrogen-bond acceptors (Lipinski definition) is 8. The first-order chi connectivity index (χ1) is 15.5. The summed E-state index contributed by atoms with van der Waals surface area (Å²) in [6.07, 6.45) is 0.632. The van der Waals surface area contributed by atoms with Crippen molar-refractivity contribution in [3.05, 3.63) is 60.1 Å². The molecule has 8 nitrogen and oxygen atoms in total. The Morgan fingerprint density at radius 3 is 2.84 bits per heavy atom. The van der Waals surface area contributed by atoms with Crippen LogP contribution < -0.4 is 15.4 Å². The Labute approximate surface area is 187 Å². The van der Waals surface area contributed by atoms with Gasteiger partial charge in [-0.25, -0.2) is 9.78 Å². The molecular weight excluding hydrogens is 430 g/mol. The van der Waals surface area contributed by atoms with Crippen LogP contribution in [-0.4, -0.2) is 36.6 Å². The molecule has 1 amide bonds. The van der Waals surface area contributed by atoms with E-state index >= 15 is 0 Å². The molecule has 0 radical (unpaired) electrons. The van der Waals surface area contributed by atoms with Gasteiger partial charge in [-0.2, -0.15) is 0 Å². The molecule has 4 rings (SSSR count). The summed E-state index contributed by atoms with van der Waals surface area (Å²) in [4.78, 5) is 29.2. The molecule has 2 heterocycles. The van der Waals surface area contributed by atoms with E-state index in [1.165, 1.54) is 25.4 Å². The molecule has 0 bridgehead atoms. The maximum absolute atomic E-state index is 12.7. The minimum Gasteiger partial charge on any atom is -0.495 e. The smallest absolute Gasteiger partial charge is 0.358 e. The topological polar surface area (TPSA) is 103 Å². The maximum atomic E-state index is 12.7. The van der Waals surface area contributed by atoms with Crippen LogP contribution in [0.15, 0.2) is 58.9 Å². The van der Waals surface area contributed by atoms with Gasteiger partial charge in [0.05, 0.1) is 12.8 Å². The molecule has 1 unspecified atom stereocenters. The minimum atomic E-state index is -1.05. The summed E-state index contributed by atoms with van der Waals surface area (Å²) in [7, 11) is 1.52. The summed E-state index contributed by atoms with van der Waals surface area (Å²) in [5.41, 5.74) is 1.88. The van der Waals surface area contributed by atoms with E-state index in [2.05, 4.69) is 22.2 Å². The predicted octanol–water partition coefficient (Wildman–Crippen LogP) is 4.83. The van der Waals surface area contributed by atoms with Crippen molar-refractivity contribution < 1.29 is 23.5 Å². The van der Waals surface area contributed by atoms with E-state index in [1.54, 1.807) is 23.6 Å². The highest BCUT2D eigenvalue weighted by molar-refractivity contribution is 7.13. The van der Waals surface area contributed by atoms with Crippen LogP contribution in [0.4, 0.5) is 10.8 Å². The van der Waals surface area contributed by atoms with E-state index < -0.39 is 18.0 Å². The van der Waals surface area contributed by atoms with Gasteiger partial charge in [0.1, 0.15) is 16.9 Å². The standard InChI is InChI=1S/C23H21N3O5S/c1-4-9-24-23-26-17(12-32-23)22(28)30-13(2)21(27)25-16-11-19-15(10-20(16)29-3)14-7-5-6-8-18(14)31-19/h4-8,10-13H,1,9H2,2-3H3,(H,24,26)(H,25,27). The number of nitrogens with zero attached hydrogens (tertiary/aromatic N) is 1. The summed E-state index contributed by atoms with van der Waals surface area (Å²) in [6, 6.07) is 11.1. The molecule has 0 aliphatic heterocycles. The van der Waals surface area contributed by atoms with E-state index in [0.29, 0.717) is 28.7 Å². The van der Waals surface area contributed by atoms with Crippen LogP contribution in [0.1, 0.15) is 17.4 Å². The number of ether oxygens (including phenoxy) is 2. The largest absolute Gasteiger partial charge is 0.495 e. The molecule has 9 heteroatoms. The van der Waals surface area contributed by atoms with Crippen molar-refractivity contribution >= 4 is 56.0 Å². The number of aromatic nitrogens is 1. The number of carbonyl (C=O) groups excluding carboxylic acids is 2. The van der Waals surface area contributed by atoms with E-state index in [9.17, 15) is 9.59 Å². The highest BCUT2D eigenvalue weighted by atomic mass is 32.1. The van der Waals surface area contributed by atoms with Crippen molar-refractivity contribution in [2.45, 2.75) is 13.0 Å². The maximum Gasteiger partial charge on any atom is 0.358 e. The molecule has 0 saturated heterocycles. The first kappa shape index (κ1) is 21.4. The summed E-state index contributed by atoms with van der Waals surface area (Å²) in [5, 5.41) is 9.70. The van der Waals surface area contributed by atoms with Crippen molar-refractivity contribution in [2.24, 2.45) is 0 Å². The first-order valence-electron chi connectivity index (χ1n) is 9.81. The molecule has 0 aliphatic rings. The zero-order valence-electron chi connectivity index (χ0n) is 17.5. The van der Waals surface area contributed by atoms with Gasteiger partial charge in [0.2, 0.25) is 0 Å². The Morgan fingerprint density at radius 1 is 1.25 bits per heavy atom. The third kappa shape index (κ3) is 4.28. The van der Waals surface area contributed by atoms with Crippen LogP contribution in [0, 0.1) is 0 Å². The number of esters is 1. The van der Waals surface area contributed by atoms with Crippen molar-refractivity contribution in [1.82, 2.24) is 4.98 Å². The van der Waals surface area contributed by atoms with Gasteiger partial charge < -0.3 is 24.5 Å². The van der Waals surface area contributed by atoms with E-state index in [-0.39, 0.29) is 5.69 Å². The van der Waals surface area contributed by atoms with Crippen LogP contribution in [0.2, 0.25) is 0 Å². The van der Waals surface area contributed by atoms with Gasteiger partial charge in [-0.15, -0.1) is 17.9 Å². The fourth-order valence-corrected chi connectivity index (χ4v) is 3.82. The van der Waals surface area contributed by atoms with Crippen LogP contribution in [-0.2, 0) is 9.53 Å². The van der Waals surface area contributed by atoms with E-state index in [0.717, 1.165) is 16.4 Å². The van der Waals surface area contributed by atoms with Gasteiger partial charge in [-0.05, 0) is 19.1 Å². The minimum absolute atomic E-state index is 0.127. The molecule has 0 aliphatic carbocycles. The second kappa shape index (κ2) is 9.11. The average molecular weight is 452 g/mol. The predicted molar refractivity (Wildman–Crippen MR) is 125 cm³/mol. The highest BCUT2D eigenvalue weighted by Gasteiger charge is 2.22. The Bertz CT molecular complexity index is 1310. The molecule has 2 N–H and O–H groups in total. The lowest BCUT2D eigenvalue weighted by atomic mass is 10.1. The van der Waals surface area contributed by atoms with Gasteiger partial charge in [0.15, 0.2) is 16.9 Å². The number of thiazole rings is 1. The van der Waals surface area contributed by atoms with Crippen LogP contribution >= 0.6 is 11.3 Å². The quantitative estimate of drug-likeness (QED) is 0.292.